The van der Waals surface area contributed by atoms with Crippen LogP contribution >= 0.6 is 39.1 Å². The average molecular weight is 440 g/mol. The Morgan fingerprint density at radius 1 is 1.08 bits per heavy atom. The van der Waals surface area contributed by atoms with Crippen molar-refractivity contribution in [3.05, 3.63) is 56.8 Å². The van der Waals surface area contributed by atoms with Crippen molar-refractivity contribution in [2.45, 2.75) is 6.61 Å². The Hall–Kier alpha value is -1.68. The second kappa shape index (κ2) is 8.43. The van der Waals surface area contributed by atoms with Crippen LogP contribution in [0.5, 0.6) is 0 Å². The van der Waals surface area contributed by atoms with Crippen LogP contribution in [-0.4, -0.2) is 25.2 Å². The highest BCUT2D eigenvalue weighted by Gasteiger charge is 2.11. The molecule has 0 aliphatic heterocycles. The number of aromatic nitrogens is 4. The molecular formula is C13H7BrCl2F2N4O2. The maximum Gasteiger partial charge on any atom is 0.259 e. The van der Waals surface area contributed by atoms with E-state index in [0.717, 1.165) is 6.07 Å². The molecule has 0 aliphatic rings. The van der Waals surface area contributed by atoms with Crippen LogP contribution in [-0.2, 0) is 6.61 Å². The van der Waals surface area contributed by atoms with Crippen molar-refractivity contribution < 1.29 is 18.4 Å². The molecule has 24 heavy (non-hydrogen) atoms. The number of aliphatic hydroxyl groups excluding tert-OH is 1. The summed E-state index contributed by atoms with van der Waals surface area (Å²) in [6.45, 7) is -0.340. The number of aliphatic hydroxyl groups is 1. The van der Waals surface area contributed by atoms with Gasteiger partial charge in [-0.2, -0.15) is 4.98 Å². The fourth-order valence-corrected chi connectivity index (χ4v) is 1.88. The highest BCUT2D eigenvalue weighted by molar-refractivity contribution is 9.10. The third-order valence-corrected chi connectivity index (χ3v) is 3.41. The van der Waals surface area contributed by atoms with Gasteiger partial charge in [0.25, 0.3) is 5.89 Å². The lowest BCUT2D eigenvalue weighted by atomic mass is 10.3. The monoisotopic (exact) mass is 438 g/mol. The summed E-state index contributed by atoms with van der Waals surface area (Å²) in [5.74, 6) is -0.966. The van der Waals surface area contributed by atoms with Crippen LogP contribution < -0.4 is 0 Å². The van der Waals surface area contributed by atoms with E-state index in [0.29, 0.717) is 10.0 Å². The summed E-state index contributed by atoms with van der Waals surface area (Å²) in [7, 11) is 0. The van der Waals surface area contributed by atoms with Crippen molar-refractivity contribution in [1.29, 1.82) is 0 Å². The smallest absolute Gasteiger partial charge is 0.259 e. The van der Waals surface area contributed by atoms with E-state index in [1.54, 1.807) is 0 Å². The maximum atomic E-state index is 13.0. The van der Waals surface area contributed by atoms with Gasteiger partial charge >= 0.3 is 0 Å². The van der Waals surface area contributed by atoms with Gasteiger partial charge in [0.05, 0.1) is 5.56 Å². The summed E-state index contributed by atoms with van der Waals surface area (Å²) in [6, 6.07) is 2.39. The molecule has 3 aromatic rings. The van der Waals surface area contributed by atoms with Gasteiger partial charge in [0.2, 0.25) is 0 Å². The van der Waals surface area contributed by atoms with Gasteiger partial charge in [0.15, 0.2) is 27.8 Å². The first kappa shape index (κ1) is 18.7. The highest BCUT2D eigenvalue weighted by Crippen LogP contribution is 2.20. The molecule has 0 aromatic carbocycles. The molecule has 0 unspecified atom stereocenters. The van der Waals surface area contributed by atoms with Gasteiger partial charge in [-0.05, 0) is 28.1 Å². The summed E-state index contributed by atoms with van der Waals surface area (Å²) >= 11 is 13.7. The van der Waals surface area contributed by atoms with Gasteiger partial charge in [-0.15, -0.1) is 0 Å². The molecule has 0 spiro atoms. The average Bonchev–Trinajstić information content (AvgIpc) is 3.04. The minimum absolute atomic E-state index is 0.0853. The molecule has 0 atom stereocenters. The van der Waals surface area contributed by atoms with Crippen LogP contribution in [0.1, 0.15) is 5.82 Å². The maximum absolute atomic E-state index is 13.0. The van der Waals surface area contributed by atoms with Gasteiger partial charge in [0, 0.05) is 16.9 Å². The highest BCUT2D eigenvalue weighted by atomic mass is 79.9. The standard InChI is InChI=1S/C8H5ClFN3O2.C5H2BrClFN/c9-7-5(10)1-4(2-11-7)8-12-6(3-14)13-15-8;6-3-1-4(8)5(7)9-2-3/h1-2,14H,3H2;1-2H. The number of halogens is 5. The van der Waals surface area contributed by atoms with Crippen LogP contribution in [0.3, 0.4) is 0 Å². The number of pyridine rings is 2. The summed E-state index contributed by atoms with van der Waals surface area (Å²) in [5.41, 5.74) is 0.309. The minimum atomic E-state index is -0.669. The molecule has 3 rings (SSSR count). The quantitative estimate of drug-likeness (QED) is 0.606. The Bertz CT molecular complexity index is 851. The molecule has 0 aliphatic carbocycles. The predicted molar refractivity (Wildman–Crippen MR) is 85.3 cm³/mol. The molecule has 3 heterocycles. The van der Waals surface area contributed by atoms with Crippen molar-refractivity contribution in [2.24, 2.45) is 0 Å². The molecular weight excluding hydrogens is 433 g/mol. The SMILES string of the molecule is Fc1cc(Br)cnc1Cl.OCc1noc(-c2cnc(Cl)c(F)c2)n1. The number of nitrogens with zero attached hydrogens (tertiary/aromatic N) is 4. The van der Waals surface area contributed by atoms with Gasteiger partial charge in [-0.1, -0.05) is 28.4 Å². The molecule has 1 N–H and O–H groups in total. The van der Waals surface area contributed by atoms with E-state index in [9.17, 15) is 8.78 Å². The van der Waals surface area contributed by atoms with E-state index in [1.165, 1.54) is 18.5 Å². The number of hydrogen-bond donors (Lipinski definition) is 1. The summed E-state index contributed by atoms with van der Waals surface area (Å²) in [6.07, 6.45) is 2.74. The van der Waals surface area contributed by atoms with Gasteiger partial charge in [-0.25, -0.2) is 18.7 Å². The van der Waals surface area contributed by atoms with Crippen molar-refractivity contribution in [3.8, 4) is 11.5 Å². The molecule has 0 radical (unpaired) electrons. The Morgan fingerprint density at radius 2 is 1.71 bits per heavy atom. The normalized spacial score (nSPS) is 10.2. The van der Waals surface area contributed by atoms with Crippen molar-refractivity contribution in [1.82, 2.24) is 20.1 Å². The number of rotatable bonds is 2. The molecule has 0 bridgehead atoms. The van der Waals surface area contributed by atoms with E-state index in [1.807, 2.05) is 0 Å². The first-order valence-corrected chi connectivity index (χ1v) is 7.67. The molecule has 6 nitrogen and oxygen atoms in total. The Morgan fingerprint density at radius 3 is 2.21 bits per heavy atom. The zero-order chi connectivity index (χ0) is 17.7. The fraction of sp³-hybridized carbons (Fsp3) is 0.0769. The van der Waals surface area contributed by atoms with Crippen LogP contribution in [0.4, 0.5) is 8.78 Å². The molecule has 11 heteroatoms. The second-order valence-electron chi connectivity index (χ2n) is 4.10. The van der Waals surface area contributed by atoms with Gasteiger partial charge in [0.1, 0.15) is 6.61 Å². The lowest BCUT2D eigenvalue weighted by molar-refractivity contribution is 0.264. The van der Waals surface area contributed by atoms with Crippen LogP contribution in [0.2, 0.25) is 10.3 Å². The summed E-state index contributed by atoms with van der Waals surface area (Å²) in [4.78, 5) is 10.9. The Kier molecular flexibility index (Phi) is 6.55. The topological polar surface area (TPSA) is 84.9 Å². The third kappa shape index (κ3) is 4.91. The third-order valence-electron chi connectivity index (χ3n) is 2.42. The van der Waals surface area contributed by atoms with Gasteiger partial charge < -0.3 is 9.63 Å². The fourth-order valence-electron chi connectivity index (χ4n) is 1.37. The Labute approximate surface area is 152 Å². The largest absolute Gasteiger partial charge is 0.388 e. The van der Waals surface area contributed by atoms with Gasteiger partial charge in [-0.3, -0.25) is 0 Å². The predicted octanol–water partition coefficient (Wildman–Crippen LogP) is 4.05. The Balaban J connectivity index is 0.000000198. The molecule has 0 fully saturated rings. The molecule has 3 aromatic heterocycles. The zero-order valence-corrected chi connectivity index (χ0v) is 14.6. The van der Waals surface area contributed by atoms with Crippen molar-refractivity contribution >= 4 is 39.1 Å². The van der Waals surface area contributed by atoms with E-state index in [2.05, 4.69) is 36.0 Å². The zero-order valence-electron chi connectivity index (χ0n) is 11.6. The lowest BCUT2D eigenvalue weighted by Gasteiger charge is -1.95. The van der Waals surface area contributed by atoms with Crippen LogP contribution in [0, 0.1) is 11.6 Å². The molecule has 0 saturated heterocycles. The molecule has 126 valence electrons. The second-order valence-corrected chi connectivity index (χ2v) is 5.73. The van der Waals surface area contributed by atoms with Crippen molar-refractivity contribution in [2.75, 3.05) is 0 Å². The van der Waals surface area contributed by atoms with Crippen LogP contribution in [0.25, 0.3) is 11.5 Å². The lowest BCUT2D eigenvalue weighted by Crippen LogP contribution is -1.87. The first-order valence-electron chi connectivity index (χ1n) is 6.12. The summed E-state index contributed by atoms with van der Waals surface area (Å²) < 4.78 is 30.7. The van der Waals surface area contributed by atoms with Crippen molar-refractivity contribution in [3.63, 3.8) is 0 Å². The molecule has 0 saturated carbocycles. The first-order chi connectivity index (χ1) is 11.4. The summed E-state index contributed by atoms with van der Waals surface area (Å²) in [5, 5.41) is 11.8. The van der Waals surface area contributed by atoms with E-state index in [-0.39, 0.29) is 28.6 Å². The van der Waals surface area contributed by atoms with E-state index in [4.69, 9.17) is 32.8 Å². The number of hydrogen-bond acceptors (Lipinski definition) is 6. The van der Waals surface area contributed by atoms with E-state index >= 15 is 0 Å². The molecule has 0 amide bonds. The van der Waals surface area contributed by atoms with E-state index < -0.39 is 11.6 Å². The van der Waals surface area contributed by atoms with Crippen LogP contribution in [0.15, 0.2) is 33.5 Å². The minimum Gasteiger partial charge on any atom is -0.388 e.